The Hall–Kier alpha value is -2.54. The second-order valence-electron chi connectivity index (χ2n) is 5.89. The van der Waals surface area contributed by atoms with Gasteiger partial charge in [-0.25, -0.2) is 0 Å². The molecule has 0 bridgehead atoms. The first-order valence-corrected chi connectivity index (χ1v) is 7.67. The van der Waals surface area contributed by atoms with Crippen molar-refractivity contribution < 1.29 is 22.7 Å². The van der Waals surface area contributed by atoms with E-state index in [4.69, 9.17) is 4.42 Å². The van der Waals surface area contributed by atoms with E-state index >= 15 is 0 Å². The van der Waals surface area contributed by atoms with Crippen molar-refractivity contribution >= 4 is 0 Å². The third-order valence-corrected chi connectivity index (χ3v) is 4.17. The minimum Gasteiger partial charge on any atom is -0.502 e. The molecule has 0 radical (unpaired) electrons. The Balaban J connectivity index is 1.91. The summed E-state index contributed by atoms with van der Waals surface area (Å²) < 4.78 is 44.0. The highest BCUT2D eigenvalue weighted by Gasteiger charge is 2.33. The number of aromatic hydroxyl groups is 1. The molecular weight excluding hydrogens is 335 g/mol. The predicted molar refractivity (Wildman–Crippen MR) is 84.9 cm³/mol. The maximum absolute atomic E-state index is 12.9. The first kappa shape index (κ1) is 17.3. The van der Waals surface area contributed by atoms with Gasteiger partial charge in [0.2, 0.25) is 5.43 Å². The van der Waals surface area contributed by atoms with Crippen molar-refractivity contribution in [3.05, 3.63) is 75.4 Å². The summed E-state index contributed by atoms with van der Waals surface area (Å²) in [5.41, 5.74) is 0.174. The number of halogens is 3. The quantitative estimate of drug-likeness (QED) is 0.850. The summed E-state index contributed by atoms with van der Waals surface area (Å²) in [7, 11) is 0. The van der Waals surface area contributed by atoms with Gasteiger partial charge in [-0.2, -0.15) is 13.2 Å². The molecule has 0 aliphatic carbocycles. The molecule has 1 N–H and O–H groups in total. The van der Waals surface area contributed by atoms with Crippen molar-refractivity contribution in [1.82, 2.24) is 4.90 Å². The molecule has 132 valence electrons. The van der Waals surface area contributed by atoms with Gasteiger partial charge in [-0.3, -0.25) is 9.69 Å². The molecule has 2 aromatic rings. The number of fused-ring (bicyclic) bond motifs is 1. The second kappa shape index (κ2) is 6.40. The van der Waals surface area contributed by atoms with Crippen LogP contribution in [0.5, 0.6) is 5.75 Å². The first-order valence-electron chi connectivity index (χ1n) is 7.67. The Labute approximate surface area is 141 Å². The number of hydrogen-bond acceptors (Lipinski definition) is 4. The predicted octanol–water partition coefficient (Wildman–Crippen LogP) is 4.00. The van der Waals surface area contributed by atoms with Crippen LogP contribution in [0.3, 0.4) is 0 Å². The lowest BCUT2D eigenvalue weighted by molar-refractivity contribution is -0.137. The second-order valence-corrected chi connectivity index (χ2v) is 5.89. The molecule has 0 amide bonds. The lowest BCUT2D eigenvalue weighted by Crippen LogP contribution is -2.22. The first-order chi connectivity index (χ1) is 11.8. The Bertz CT molecular complexity index is 871. The fourth-order valence-corrected chi connectivity index (χ4v) is 2.95. The van der Waals surface area contributed by atoms with E-state index in [2.05, 4.69) is 0 Å². The van der Waals surface area contributed by atoms with Crippen LogP contribution >= 0.6 is 0 Å². The third kappa shape index (κ3) is 3.46. The highest BCUT2D eigenvalue weighted by Crippen LogP contribution is 2.36. The molecular formula is C18H16F3NO3. The molecule has 1 aromatic heterocycles. The van der Waals surface area contributed by atoms with Crippen molar-refractivity contribution in [3.8, 4) is 5.75 Å². The van der Waals surface area contributed by atoms with E-state index in [0.29, 0.717) is 24.4 Å². The Morgan fingerprint density at radius 2 is 1.96 bits per heavy atom. The largest absolute Gasteiger partial charge is 0.502 e. The van der Waals surface area contributed by atoms with Crippen molar-refractivity contribution in [2.75, 3.05) is 0 Å². The highest BCUT2D eigenvalue weighted by molar-refractivity contribution is 5.36. The number of hydrogen-bond donors (Lipinski definition) is 1. The highest BCUT2D eigenvalue weighted by atomic mass is 19.4. The number of benzene rings is 1. The van der Waals surface area contributed by atoms with Crippen LogP contribution in [0.4, 0.5) is 13.2 Å². The van der Waals surface area contributed by atoms with E-state index in [0.717, 1.165) is 24.0 Å². The Morgan fingerprint density at radius 1 is 1.24 bits per heavy atom. The average molecular weight is 351 g/mol. The van der Waals surface area contributed by atoms with Gasteiger partial charge in [0, 0.05) is 19.2 Å². The topological polar surface area (TPSA) is 53.7 Å². The Morgan fingerprint density at radius 3 is 2.60 bits per heavy atom. The number of rotatable bonds is 3. The Kier molecular flexibility index (Phi) is 4.43. The van der Waals surface area contributed by atoms with Crippen LogP contribution in [0.25, 0.3) is 0 Å². The van der Waals surface area contributed by atoms with E-state index in [1.54, 1.807) is 19.1 Å². The summed E-state index contributed by atoms with van der Waals surface area (Å²) >= 11 is 0. The molecule has 1 aliphatic heterocycles. The zero-order valence-corrected chi connectivity index (χ0v) is 13.4. The van der Waals surface area contributed by atoms with Crippen molar-refractivity contribution in [1.29, 1.82) is 0 Å². The smallest absolute Gasteiger partial charge is 0.416 e. The summed E-state index contributed by atoms with van der Waals surface area (Å²) in [6, 6.07) is 4.50. The fraction of sp³-hybridized carbons (Fsp3) is 0.278. The van der Waals surface area contributed by atoms with E-state index in [9.17, 15) is 23.1 Å². The molecule has 1 aromatic carbocycles. The van der Waals surface area contributed by atoms with Gasteiger partial charge in [-0.15, -0.1) is 0 Å². The zero-order chi connectivity index (χ0) is 18.2. The van der Waals surface area contributed by atoms with Crippen LogP contribution < -0.4 is 5.43 Å². The minimum atomic E-state index is -4.38. The van der Waals surface area contributed by atoms with E-state index < -0.39 is 29.0 Å². The van der Waals surface area contributed by atoms with Gasteiger partial charge in [0.25, 0.3) is 0 Å². The summed E-state index contributed by atoms with van der Waals surface area (Å²) in [5, 5.41) is 9.33. The number of allylic oxidation sites excluding steroid dienone is 1. The monoisotopic (exact) mass is 351 g/mol. The normalized spacial score (nSPS) is 16.3. The van der Waals surface area contributed by atoms with Gasteiger partial charge in [0.1, 0.15) is 12.0 Å². The molecule has 0 spiro atoms. The molecule has 7 heteroatoms. The molecule has 25 heavy (non-hydrogen) atoms. The van der Waals surface area contributed by atoms with E-state index in [-0.39, 0.29) is 0 Å². The van der Waals surface area contributed by atoms with Crippen molar-refractivity contribution in [3.63, 3.8) is 0 Å². The van der Waals surface area contributed by atoms with Gasteiger partial charge in [0.05, 0.1) is 11.6 Å². The summed E-state index contributed by atoms with van der Waals surface area (Å²) in [6.45, 7) is 2.54. The number of nitrogens with zero attached hydrogens (tertiary/aromatic N) is 1. The molecule has 1 atom stereocenters. The van der Waals surface area contributed by atoms with E-state index in [1.165, 1.54) is 12.1 Å². The molecule has 1 aliphatic rings. The summed E-state index contributed by atoms with van der Waals surface area (Å²) in [4.78, 5) is 13.6. The summed E-state index contributed by atoms with van der Waals surface area (Å²) in [6.07, 6.45) is 0.168. The molecule has 0 fully saturated rings. The standard InChI is InChI=1S/C18H16F3NO3/c1-2-3-14(17-7-15(23)16(24)10-25-17)22-8-11-4-5-13(18(19,20)21)6-12(11)9-22/h2-7,10,14,24H,8-9H2,1H3/b3-2-. The van der Waals surface area contributed by atoms with Crippen LogP contribution in [-0.2, 0) is 19.3 Å². The van der Waals surface area contributed by atoms with Crippen LogP contribution in [0.1, 0.15) is 35.4 Å². The van der Waals surface area contributed by atoms with Crippen LogP contribution in [0.15, 0.2) is 51.9 Å². The molecule has 3 rings (SSSR count). The van der Waals surface area contributed by atoms with Gasteiger partial charge in [-0.1, -0.05) is 18.2 Å². The molecule has 2 heterocycles. The fourth-order valence-electron chi connectivity index (χ4n) is 2.95. The van der Waals surface area contributed by atoms with E-state index in [1.807, 2.05) is 4.90 Å². The summed E-state index contributed by atoms with van der Waals surface area (Å²) in [5.74, 6) is -0.160. The molecule has 1 unspecified atom stereocenters. The zero-order valence-electron chi connectivity index (χ0n) is 13.4. The lowest BCUT2D eigenvalue weighted by Gasteiger charge is -2.23. The maximum atomic E-state index is 12.9. The van der Waals surface area contributed by atoms with Crippen LogP contribution in [-0.4, -0.2) is 10.0 Å². The number of alkyl halides is 3. The lowest BCUT2D eigenvalue weighted by atomic mass is 10.1. The van der Waals surface area contributed by atoms with Crippen molar-refractivity contribution in [2.24, 2.45) is 0 Å². The average Bonchev–Trinajstić information content (AvgIpc) is 2.97. The molecule has 4 nitrogen and oxygen atoms in total. The van der Waals surface area contributed by atoms with Gasteiger partial charge in [0.15, 0.2) is 5.75 Å². The van der Waals surface area contributed by atoms with Gasteiger partial charge < -0.3 is 9.52 Å². The van der Waals surface area contributed by atoms with Crippen LogP contribution in [0, 0.1) is 0 Å². The molecule has 0 saturated carbocycles. The van der Waals surface area contributed by atoms with Crippen LogP contribution in [0.2, 0.25) is 0 Å². The third-order valence-electron chi connectivity index (χ3n) is 4.17. The minimum absolute atomic E-state index is 0.304. The maximum Gasteiger partial charge on any atom is 0.416 e. The molecule has 0 saturated heterocycles. The van der Waals surface area contributed by atoms with Gasteiger partial charge >= 0.3 is 6.18 Å². The van der Waals surface area contributed by atoms with Gasteiger partial charge in [-0.05, 0) is 30.2 Å². The van der Waals surface area contributed by atoms with Crippen molar-refractivity contribution in [2.45, 2.75) is 32.2 Å². The SMILES string of the molecule is C/C=C\C(c1cc(=O)c(O)co1)N1Cc2ccc(C(F)(F)F)cc2C1.